The summed E-state index contributed by atoms with van der Waals surface area (Å²) >= 11 is 1.73. The Morgan fingerprint density at radius 2 is 1.91 bits per heavy atom. The Kier molecular flexibility index (Phi) is 6.53. The summed E-state index contributed by atoms with van der Waals surface area (Å²) < 4.78 is 17.8. The number of hydrogen-bond donors (Lipinski definition) is 0. The van der Waals surface area contributed by atoms with Crippen LogP contribution in [0.25, 0.3) is 10.9 Å². The SMILES string of the molecule is COc1cc2nc(CN3CCOCC3)n(CC(=O)N3CCc4sccc4C3)c(=O)c2cc1OC. The second-order valence-electron chi connectivity index (χ2n) is 8.47. The number of aromatic nitrogens is 2. The minimum Gasteiger partial charge on any atom is -0.493 e. The Hall–Kier alpha value is -2.95. The number of ether oxygens (including phenoxy) is 3. The monoisotopic (exact) mass is 484 g/mol. The first kappa shape index (κ1) is 22.8. The van der Waals surface area contributed by atoms with Crippen LogP contribution in [0.15, 0.2) is 28.4 Å². The van der Waals surface area contributed by atoms with Crippen molar-refractivity contribution in [3.63, 3.8) is 0 Å². The van der Waals surface area contributed by atoms with Crippen molar-refractivity contribution < 1.29 is 19.0 Å². The van der Waals surface area contributed by atoms with Gasteiger partial charge in [-0.1, -0.05) is 0 Å². The van der Waals surface area contributed by atoms with Crippen molar-refractivity contribution in [1.82, 2.24) is 19.4 Å². The number of methoxy groups -OCH3 is 2. The molecule has 0 spiro atoms. The second kappa shape index (κ2) is 9.73. The summed E-state index contributed by atoms with van der Waals surface area (Å²) in [6.45, 7) is 4.43. The third-order valence-electron chi connectivity index (χ3n) is 6.46. The normalized spacial score (nSPS) is 16.5. The molecule has 1 amide bonds. The maximum atomic E-state index is 13.6. The van der Waals surface area contributed by atoms with E-state index in [9.17, 15) is 9.59 Å². The summed E-state index contributed by atoms with van der Waals surface area (Å²) in [6, 6.07) is 5.43. The molecule has 5 rings (SSSR count). The molecule has 34 heavy (non-hydrogen) atoms. The highest BCUT2D eigenvalue weighted by molar-refractivity contribution is 7.10. The van der Waals surface area contributed by atoms with E-state index in [0.717, 1.165) is 19.5 Å². The molecule has 0 radical (unpaired) electrons. The van der Waals surface area contributed by atoms with Crippen LogP contribution in [0.1, 0.15) is 16.3 Å². The molecule has 0 saturated carbocycles. The molecule has 2 aliphatic heterocycles. The molecule has 0 unspecified atom stereocenters. The van der Waals surface area contributed by atoms with E-state index in [1.807, 2.05) is 4.90 Å². The van der Waals surface area contributed by atoms with Crippen LogP contribution >= 0.6 is 11.3 Å². The Balaban J connectivity index is 1.52. The average molecular weight is 485 g/mol. The highest BCUT2D eigenvalue weighted by Gasteiger charge is 2.25. The van der Waals surface area contributed by atoms with E-state index in [-0.39, 0.29) is 18.0 Å². The van der Waals surface area contributed by atoms with Crippen LogP contribution in [0, 0.1) is 0 Å². The van der Waals surface area contributed by atoms with E-state index in [0.29, 0.717) is 61.1 Å². The average Bonchev–Trinajstić information content (AvgIpc) is 3.34. The summed E-state index contributed by atoms with van der Waals surface area (Å²) in [4.78, 5) is 37.1. The van der Waals surface area contributed by atoms with Crippen LogP contribution in [0.2, 0.25) is 0 Å². The summed E-state index contributed by atoms with van der Waals surface area (Å²) in [7, 11) is 3.08. The molecule has 0 aliphatic carbocycles. The van der Waals surface area contributed by atoms with Crippen LogP contribution in [0.4, 0.5) is 0 Å². The van der Waals surface area contributed by atoms with Gasteiger partial charge >= 0.3 is 0 Å². The number of morpholine rings is 1. The summed E-state index contributed by atoms with van der Waals surface area (Å²) in [5.74, 6) is 1.44. The minimum absolute atomic E-state index is 0.0464. The van der Waals surface area contributed by atoms with E-state index in [1.54, 1.807) is 30.6 Å². The standard InChI is InChI=1S/C24H28N4O5S/c1-31-19-11-17-18(12-20(19)32-2)25-22(14-26-6-8-33-9-7-26)28(24(17)30)15-23(29)27-5-3-21-16(13-27)4-10-34-21/h4,10-12H,3,5-9,13-15H2,1-2H3. The van der Waals surface area contributed by atoms with E-state index in [1.165, 1.54) is 22.1 Å². The zero-order valence-corrected chi connectivity index (χ0v) is 20.2. The molecule has 1 saturated heterocycles. The first-order valence-electron chi connectivity index (χ1n) is 11.4. The fourth-order valence-electron chi connectivity index (χ4n) is 4.53. The molecule has 180 valence electrons. The van der Waals surface area contributed by atoms with Crippen LogP contribution in [-0.4, -0.2) is 72.3 Å². The molecule has 0 atom stereocenters. The smallest absolute Gasteiger partial charge is 0.262 e. The Morgan fingerprint density at radius 1 is 1.15 bits per heavy atom. The third-order valence-corrected chi connectivity index (χ3v) is 7.48. The number of fused-ring (bicyclic) bond motifs is 2. The predicted molar refractivity (Wildman–Crippen MR) is 129 cm³/mol. The van der Waals surface area contributed by atoms with Gasteiger partial charge in [0.25, 0.3) is 5.56 Å². The van der Waals surface area contributed by atoms with Gasteiger partial charge in [0.15, 0.2) is 11.5 Å². The van der Waals surface area contributed by atoms with Crippen molar-refractivity contribution in [2.45, 2.75) is 26.1 Å². The summed E-state index contributed by atoms with van der Waals surface area (Å²) in [6.07, 6.45) is 0.848. The van der Waals surface area contributed by atoms with E-state index < -0.39 is 0 Å². The lowest BCUT2D eigenvalue weighted by Crippen LogP contribution is -2.42. The first-order chi connectivity index (χ1) is 16.6. The van der Waals surface area contributed by atoms with Gasteiger partial charge in [0.1, 0.15) is 12.4 Å². The molecular formula is C24H28N4O5S. The molecular weight excluding hydrogens is 456 g/mol. The third kappa shape index (κ3) is 4.40. The van der Waals surface area contributed by atoms with Crippen molar-refractivity contribution >= 4 is 28.1 Å². The van der Waals surface area contributed by atoms with Crippen LogP contribution in [0.5, 0.6) is 11.5 Å². The zero-order chi connectivity index (χ0) is 23.7. The number of thiophene rings is 1. The van der Waals surface area contributed by atoms with Gasteiger partial charge < -0.3 is 19.1 Å². The lowest BCUT2D eigenvalue weighted by atomic mass is 10.1. The number of hydrogen-bond acceptors (Lipinski definition) is 8. The maximum Gasteiger partial charge on any atom is 0.262 e. The van der Waals surface area contributed by atoms with Crippen molar-refractivity contribution in [1.29, 1.82) is 0 Å². The molecule has 1 fully saturated rings. The van der Waals surface area contributed by atoms with Crippen molar-refractivity contribution in [2.24, 2.45) is 0 Å². The number of carbonyl (C=O) groups is 1. The van der Waals surface area contributed by atoms with Crippen LogP contribution in [0.3, 0.4) is 0 Å². The largest absolute Gasteiger partial charge is 0.493 e. The van der Waals surface area contributed by atoms with Gasteiger partial charge in [-0.05, 0) is 29.5 Å². The highest BCUT2D eigenvalue weighted by atomic mass is 32.1. The van der Waals surface area contributed by atoms with Gasteiger partial charge in [-0.3, -0.25) is 19.1 Å². The second-order valence-corrected chi connectivity index (χ2v) is 9.47. The Labute approximate surface area is 201 Å². The topological polar surface area (TPSA) is 86.1 Å². The van der Waals surface area contributed by atoms with Gasteiger partial charge in [0.05, 0.1) is 44.9 Å². The molecule has 0 bridgehead atoms. The lowest BCUT2D eigenvalue weighted by molar-refractivity contribution is -0.132. The molecule has 2 aromatic heterocycles. The molecule has 2 aliphatic rings. The van der Waals surface area contributed by atoms with E-state index >= 15 is 0 Å². The minimum atomic E-state index is -0.254. The molecule has 1 aromatic carbocycles. The number of carbonyl (C=O) groups excluding carboxylic acids is 1. The van der Waals surface area contributed by atoms with Gasteiger partial charge in [-0.15, -0.1) is 11.3 Å². The molecule has 4 heterocycles. The molecule has 9 nitrogen and oxygen atoms in total. The predicted octanol–water partition coefficient (Wildman–Crippen LogP) is 1.89. The number of nitrogens with zero attached hydrogens (tertiary/aromatic N) is 4. The quantitative estimate of drug-likeness (QED) is 0.528. The fraction of sp³-hybridized carbons (Fsp3) is 0.458. The van der Waals surface area contributed by atoms with E-state index in [4.69, 9.17) is 19.2 Å². The summed E-state index contributed by atoms with van der Waals surface area (Å²) in [5, 5.41) is 2.47. The molecule has 3 aromatic rings. The van der Waals surface area contributed by atoms with Crippen LogP contribution in [-0.2, 0) is 35.6 Å². The van der Waals surface area contributed by atoms with E-state index in [2.05, 4.69) is 16.3 Å². The summed E-state index contributed by atoms with van der Waals surface area (Å²) in [5.41, 5.74) is 1.46. The number of benzene rings is 1. The zero-order valence-electron chi connectivity index (χ0n) is 19.4. The van der Waals surface area contributed by atoms with Gasteiger partial charge in [-0.25, -0.2) is 4.98 Å². The van der Waals surface area contributed by atoms with Gasteiger partial charge in [0.2, 0.25) is 5.91 Å². The number of amides is 1. The van der Waals surface area contributed by atoms with Crippen molar-refractivity contribution in [2.75, 3.05) is 47.1 Å². The Bertz CT molecular complexity index is 1260. The van der Waals surface area contributed by atoms with Crippen LogP contribution < -0.4 is 15.0 Å². The lowest BCUT2D eigenvalue weighted by Gasteiger charge is -2.29. The van der Waals surface area contributed by atoms with Crippen molar-refractivity contribution in [3.8, 4) is 11.5 Å². The van der Waals surface area contributed by atoms with Gasteiger partial charge in [-0.2, -0.15) is 0 Å². The van der Waals surface area contributed by atoms with Gasteiger partial charge in [0, 0.05) is 37.1 Å². The fourth-order valence-corrected chi connectivity index (χ4v) is 5.42. The maximum absolute atomic E-state index is 13.6. The molecule has 0 N–H and O–H groups in total. The highest BCUT2D eigenvalue weighted by Crippen LogP contribution is 2.30. The van der Waals surface area contributed by atoms with Crippen molar-refractivity contribution in [3.05, 3.63) is 50.2 Å². The Morgan fingerprint density at radius 3 is 2.68 bits per heavy atom. The molecule has 10 heteroatoms. The number of rotatable bonds is 6. The first-order valence-corrected chi connectivity index (χ1v) is 12.2.